The smallest absolute Gasteiger partial charge is 0.265 e. The molecule has 0 radical (unpaired) electrons. The Bertz CT molecular complexity index is 386. The summed E-state index contributed by atoms with van der Waals surface area (Å²) in [6.07, 6.45) is -0.406. The summed E-state index contributed by atoms with van der Waals surface area (Å²) in [7, 11) is 3.10. The molecule has 6 heteroatoms. The number of nitrogens with zero attached hydrogens (tertiary/aromatic N) is 1. The van der Waals surface area contributed by atoms with Crippen LogP contribution in [0.3, 0.4) is 0 Å². The monoisotopic (exact) mass is 290 g/mol. The molecule has 0 atom stereocenters. The van der Waals surface area contributed by atoms with Crippen molar-refractivity contribution < 1.29 is 14.3 Å². The van der Waals surface area contributed by atoms with E-state index in [-0.39, 0.29) is 0 Å². The van der Waals surface area contributed by atoms with Crippen molar-refractivity contribution in [1.29, 1.82) is 0 Å². The number of primary amides is 1. The molecule has 90 valence electrons. The van der Waals surface area contributed by atoms with Crippen LogP contribution in [0.25, 0.3) is 0 Å². The Morgan fingerprint density at radius 2 is 2.12 bits per heavy atom. The van der Waals surface area contributed by atoms with Crippen molar-refractivity contribution >= 4 is 21.8 Å². The van der Waals surface area contributed by atoms with E-state index in [0.29, 0.717) is 12.2 Å². The van der Waals surface area contributed by atoms with Gasteiger partial charge in [0.1, 0.15) is 5.69 Å². The number of hydrogen-bond donors (Lipinski definition) is 1. The van der Waals surface area contributed by atoms with Crippen LogP contribution in [0.2, 0.25) is 0 Å². The van der Waals surface area contributed by atoms with E-state index < -0.39 is 12.2 Å². The fourth-order valence-corrected chi connectivity index (χ4v) is 1.88. The summed E-state index contributed by atoms with van der Waals surface area (Å²) < 4.78 is 12.8. The molecule has 0 saturated carbocycles. The Hall–Kier alpha value is -0.850. The molecule has 1 heterocycles. The molecule has 0 fully saturated rings. The summed E-state index contributed by atoms with van der Waals surface area (Å²) >= 11 is 3.36. The molecule has 0 unspecified atom stereocenters. The van der Waals surface area contributed by atoms with Crippen molar-refractivity contribution in [3.05, 3.63) is 21.9 Å². The topological polar surface area (TPSA) is 66.5 Å². The van der Waals surface area contributed by atoms with Crippen molar-refractivity contribution in [2.24, 2.45) is 5.73 Å². The van der Waals surface area contributed by atoms with Crippen LogP contribution in [0.5, 0.6) is 0 Å². The summed E-state index contributed by atoms with van der Waals surface area (Å²) in [5, 5.41) is 0. The zero-order valence-corrected chi connectivity index (χ0v) is 11.1. The van der Waals surface area contributed by atoms with Crippen LogP contribution in [-0.4, -0.2) is 31.0 Å². The Labute approximate surface area is 103 Å². The fourth-order valence-electron chi connectivity index (χ4n) is 1.45. The van der Waals surface area contributed by atoms with Crippen LogP contribution in [-0.2, 0) is 16.0 Å². The van der Waals surface area contributed by atoms with Crippen LogP contribution in [0, 0.1) is 6.92 Å². The number of carbonyl (C=O) groups excluding carboxylic acids is 1. The van der Waals surface area contributed by atoms with E-state index in [0.717, 1.165) is 10.2 Å². The number of hydrogen-bond acceptors (Lipinski definition) is 3. The molecule has 1 amide bonds. The predicted octanol–water partition coefficient (Wildman–Crippen LogP) is 1.28. The molecular formula is C10H15BrN2O3. The predicted molar refractivity (Wildman–Crippen MR) is 63.2 cm³/mol. The van der Waals surface area contributed by atoms with Gasteiger partial charge in [-0.3, -0.25) is 4.79 Å². The Morgan fingerprint density at radius 1 is 1.56 bits per heavy atom. The molecule has 0 bridgehead atoms. The van der Waals surface area contributed by atoms with Gasteiger partial charge in [-0.15, -0.1) is 0 Å². The number of aromatic nitrogens is 1. The zero-order chi connectivity index (χ0) is 12.3. The largest absolute Gasteiger partial charge is 0.364 e. The molecule has 16 heavy (non-hydrogen) atoms. The van der Waals surface area contributed by atoms with Crippen molar-refractivity contribution in [2.45, 2.75) is 19.8 Å². The second-order valence-electron chi connectivity index (χ2n) is 3.34. The quantitative estimate of drug-likeness (QED) is 0.831. The summed E-state index contributed by atoms with van der Waals surface area (Å²) in [6.45, 7) is 2.31. The zero-order valence-electron chi connectivity index (χ0n) is 9.49. The lowest BCUT2D eigenvalue weighted by molar-refractivity contribution is -0.111. The highest BCUT2D eigenvalue weighted by Crippen LogP contribution is 2.21. The number of amides is 1. The van der Waals surface area contributed by atoms with Gasteiger partial charge >= 0.3 is 0 Å². The minimum atomic E-state index is -0.472. The molecule has 0 aliphatic heterocycles. The van der Waals surface area contributed by atoms with Gasteiger partial charge < -0.3 is 19.8 Å². The molecule has 0 aliphatic carbocycles. The minimum absolute atomic E-state index is 0.406. The van der Waals surface area contributed by atoms with Gasteiger partial charge in [-0.05, 0) is 28.9 Å². The molecule has 5 nitrogen and oxygen atoms in total. The first-order valence-electron chi connectivity index (χ1n) is 4.72. The highest BCUT2D eigenvalue weighted by atomic mass is 79.9. The van der Waals surface area contributed by atoms with Gasteiger partial charge in [0.2, 0.25) is 0 Å². The summed E-state index contributed by atoms with van der Waals surface area (Å²) in [4.78, 5) is 11.2. The molecule has 0 saturated heterocycles. The SMILES string of the molecule is COC(Cn1c(C(N)=O)cc(Br)c1C)OC. The lowest BCUT2D eigenvalue weighted by Gasteiger charge is -2.17. The van der Waals surface area contributed by atoms with Crippen molar-refractivity contribution in [3.63, 3.8) is 0 Å². The first-order valence-corrected chi connectivity index (χ1v) is 5.51. The van der Waals surface area contributed by atoms with Crippen LogP contribution < -0.4 is 5.73 Å². The van der Waals surface area contributed by atoms with Gasteiger partial charge in [0, 0.05) is 24.4 Å². The Balaban J connectivity index is 3.05. The van der Waals surface area contributed by atoms with Gasteiger partial charge in [-0.2, -0.15) is 0 Å². The lowest BCUT2D eigenvalue weighted by atomic mass is 10.4. The average Bonchev–Trinajstić information content (AvgIpc) is 2.53. The van der Waals surface area contributed by atoms with Crippen molar-refractivity contribution in [1.82, 2.24) is 4.57 Å². The van der Waals surface area contributed by atoms with E-state index in [1.54, 1.807) is 24.9 Å². The highest BCUT2D eigenvalue weighted by molar-refractivity contribution is 9.10. The Morgan fingerprint density at radius 3 is 2.56 bits per heavy atom. The minimum Gasteiger partial charge on any atom is -0.364 e. The third-order valence-electron chi connectivity index (χ3n) is 2.41. The lowest BCUT2D eigenvalue weighted by Crippen LogP contribution is -2.25. The normalized spacial score (nSPS) is 11.1. The van der Waals surface area contributed by atoms with Crippen molar-refractivity contribution in [3.8, 4) is 0 Å². The van der Waals surface area contributed by atoms with Gasteiger partial charge in [0.05, 0.1) is 6.54 Å². The van der Waals surface area contributed by atoms with Gasteiger partial charge in [0.15, 0.2) is 6.29 Å². The van der Waals surface area contributed by atoms with Crippen LogP contribution in [0.15, 0.2) is 10.5 Å². The third-order valence-corrected chi connectivity index (χ3v) is 3.22. The number of halogens is 1. The standard InChI is InChI=1S/C10H15BrN2O3/c1-6-7(11)4-8(10(12)14)13(6)5-9(15-2)16-3/h4,9H,5H2,1-3H3,(H2,12,14). The Kier molecular flexibility index (Phi) is 4.52. The van der Waals surface area contributed by atoms with Crippen LogP contribution in [0.4, 0.5) is 0 Å². The summed E-state index contributed by atoms with van der Waals surface area (Å²) in [6, 6.07) is 1.69. The van der Waals surface area contributed by atoms with Crippen molar-refractivity contribution in [2.75, 3.05) is 14.2 Å². The molecule has 2 N–H and O–H groups in total. The van der Waals surface area contributed by atoms with Crippen LogP contribution in [0.1, 0.15) is 16.2 Å². The average molecular weight is 291 g/mol. The molecule has 0 aliphatic rings. The number of methoxy groups -OCH3 is 2. The fraction of sp³-hybridized carbons (Fsp3) is 0.500. The van der Waals surface area contributed by atoms with E-state index >= 15 is 0 Å². The van der Waals surface area contributed by atoms with E-state index in [2.05, 4.69) is 15.9 Å². The maximum Gasteiger partial charge on any atom is 0.265 e. The molecule has 1 rings (SSSR count). The molecule has 1 aromatic heterocycles. The molecule has 0 aromatic carbocycles. The summed E-state index contributed by atoms with van der Waals surface area (Å²) in [5.41, 5.74) is 6.64. The van der Waals surface area contributed by atoms with Gasteiger partial charge in [-0.1, -0.05) is 0 Å². The molecular weight excluding hydrogens is 276 g/mol. The van der Waals surface area contributed by atoms with E-state index in [1.165, 1.54) is 0 Å². The first-order chi connectivity index (χ1) is 7.51. The molecule has 1 aromatic rings. The number of rotatable bonds is 5. The highest BCUT2D eigenvalue weighted by Gasteiger charge is 2.17. The second kappa shape index (κ2) is 5.47. The van der Waals surface area contributed by atoms with Gasteiger partial charge in [-0.25, -0.2) is 0 Å². The second-order valence-corrected chi connectivity index (χ2v) is 4.19. The number of ether oxygens (including phenoxy) is 2. The maximum absolute atomic E-state index is 11.2. The van der Waals surface area contributed by atoms with Crippen LogP contribution >= 0.6 is 15.9 Å². The van der Waals surface area contributed by atoms with E-state index in [4.69, 9.17) is 15.2 Å². The first kappa shape index (κ1) is 13.2. The number of carbonyl (C=O) groups is 1. The van der Waals surface area contributed by atoms with Gasteiger partial charge in [0.25, 0.3) is 5.91 Å². The number of nitrogens with two attached hydrogens (primary N) is 1. The third kappa shape index (κ3) is 2.63. The van der Waals surface area contributed by atoms with E-state index in [1.807, 2.05) is 6.92 Å². The van der Waals surface area contributed by atoms with E-state index in [9.17, 15) is 4.79 Å². The summed E-state index contributed by atoms with van der Waals surface area (Å²) in [5.74, 6) is -0.472. The molecule has 0 spiro atoms. The maximum atomic E-state index is 11.2.